The Morgan fingerprint density at radius 1 is 1.17 bits per heavy atom. The number of nitrogens with one attached hydrogen (secondary N) is 1. The summed E-state index contributed by atoms with van der Waals surface area (Å²) in [7, 11) is 0. The van der Waals surface area contributed by atoms with Crippen LogP contribution in [0.1, 0.15) is 15.9 Å². The van der Waals surface area contributed by atoms with Gasteiger partial charge in [-0.3, -0.25) is 14.6 Å². The molecule has 1 aromatic heterocycles. The lowest BCUT2D eigenvalue weighted by Gasteiger charge is -2.22. The molecular weight excluding hydrogens is 370 g/mol. The van der Waals surface area contributed by atoms with Gasteiger partial charge in [0.25, 0.3) is 11.8 Å². The zero-order valence-corrected chi connectivity index (χ0v) is 16.0. The van der Waals surface area contributed by atoms with Crippen LogP contribution in [0.4, 0.5) is 0 Å². The Balaban J connectivity index is 1.17. The van der Waals surface area contributed by atoms with E-state index >= 15 is 0 Å². The quantitative estimate of drug-likeness (QED) is 0.847. The van der Waals surface area contributed by atoms with Crippen LogP contribution in [0.15, 0.2) is 48.8 Å². The van der Waals surface area contributed by atoms with Gasteiger partial charge < -0.3 is 19.7 Å². The fourth-order valence-corrected chi connectivity index (χ4v) is 4.54. The SMILES string of the molecule is O=C(NC[C@H]1CO[C@@H]2CN(C(=O)C3Cc4ccccc4O3)C[C@H]12)c1cccnc1. The number of hydrogen-bond acceptors (Lipinski definition) is 5. The maximum Gasteiger partial charge on any atom is 0.264 e. The molecule has 1 aromatic carbocycles. The summed E-state index contributed by atoms with van der Waals surface area (Å²) < 4.78 is 11.8. The van der Waals surface area contributed by atoms with E-state index in [1.165, 1.54) is 0 Å². The minimum Gasteiger partial charge on any atom is -0.480 e. The topological polar surface area (TPSA) is 80.8 Å². The van der Waals surface area contributed by atoms with Crippen LogP contribution in [-0.2, 0) is 16.0 Å². The number of likely N-dealkylation sites (tertiary alicyclic amines) is 1. The van der Waals surface area contributed by atoms with E-state index in [9.17, 15) is 9.59 Å². The number of hydrogen-bond donors (Lipinski definition) is 1. The molecule has 3 aliphatic rings. The van der Waals surface area contributed by atoms with Crippen molar-refractivity contribution in [2.24, 2.45) is 11.8 Å². The van der Waals surface area contributed by atoms with Gasteiger partial charge in [-0.05, 0) is 23.8 Å². The summed E-state index contributed by atoms with van der Waals surface area (Å²) in [5.41, 5.74) is 1.63. The van der Waals surface area contributed by atoms with Gasteiger partial charge in [0, 0.05) is 50.3 Å². The average Bonchev–Trinajstić information content (AvgIpc) is 3.46. The molecular formula is C22H23N3O4. The molecule has 0 spiro atoms. The fourth-order valence-electron chi connectivity index (χ4n) is 4.54. The number of aromatic nitrogens is 1. The predicted molar refractivity (Wildman–Crippen MR) is 104 cm³/mol. The van der Waals surface area contributed by atoms with E-state index in [0.29, 0.717) is 38.2 Å². The van der Waals surface area contributed by atoms with Crippen molar-refractivity contribution >= 4 is 11.8 Å². The molecule has 5 rings (SSSR count). The molecule has 1 N–H and O–H groups in total. The highest BCUT2D eigenvalue weighted by molar-refractivity contribution is 5.93. The van der Waals surface area contributed by atoms with Crippen LogP contribution in [-0.4, -0.2) is 60.1 Å². The first-order valence-corrected chi connectivity index (χ1v) is 10.0. The lowest BCUT2D eigenvalue weighted by atomic mass is 9.93. The first kappa shape index (κ1) is 18.1. The molecule has 3 aliphatic heterocycles. The van der Waals surface area contributed by atoms with Crippen molar-refractivity contribution in [1.29, 1.82) is 0 Å². The summed E-state index contributed by atoms with van der Waals surface area (Å²) in [6.07, 6.45) is 3.40. The third-order valence-corrected chi connectivity index (χ3v) is 6.12. The number of para-hydroxylation sites is 1. The van der Waals surface area contributed by atoms with E-state index in [1.807, 2.05) is 29.2 Å². The molecule has 0 radical (unpaired) electrons. The highest BCUT2D eigenvalue weighted by atomic mass is 16.5. The molecule has 0 saturated carbocycles. The minimum absolute atomic E-state index is 0.0253. The number of carbonyl (C=O) groups excluding carboxylic acids is 2. The maximum absolute atomic E-state index is 13.0. The van der Waals surface area contributed by atoms with E-state index in [4.69, 9.17) is 9.47 Å². The van der Waals surface area contributed by atoms with Crippen LogP contribution in [0.25, 0.3) is 0 Å². The van der Waals surface area contributed by atoms with Crippen molar-refractivity contribution in [3.63, 3.8) is 0 Å². The van der Waals surface area contributed by atoms with E-state index in [0.717, 1.165) is 11.3 Å². The first-order valence-electron chi connectivity index (χ1n) is 10.0. The Labute approximate surface area is 169 Å². The molecule has 7 heteroatoms. The molecule has 7 nitrogen and oxygen atoms in total. The molecule has 150 valence electrons. The minimum atomic E-state index is -0.449. The number of fused-ring (bicyclic) bond motifs is 2. The normalized spacial score (nSPS) is 27.2. The van der Waals surface area contributed by atoms with Crippen LogP contribution < -0.4 is 10.1 Å². The Kier molecular flexibility index (Phi) is 4.67. The highest BCUT2D eigenvalue weighted by Gasteiger charge is 2.47. The highest BCUT2D eigenvalue weighted by Crippen LogP contribution is 2.35. The third kappa shape index (κ3) is 3.46. The number of pyridine rings is 1. The second-order valence-corrected chi connectivity index (χ2v) is 7.91. The Morgan fingerprint density at radius 2 is 2.07 bits per heavy atom. The van der Waals surface area contributed by atoms with Gasteiger partial charge >= 0.3 is 0 Å². The van der Waals surface area contributed by atoms with Crippen molar-refractivity contribution in [2.75, 3.05) is 26.2 Å². The summed E-state index contributed by atoms with van der Waals surface area (Å²) in [6, 6.07) is 11.3. The van der Waals surface area contributed by atoms with E-state index in [1.54, 1.807) is 24.5 Å². The van der Waals surface area contributed by atoms with Crippen molar-refractivity contribution < 1.29 is 19.1 Å². The zero-order valence-electron chi connectivity index (χ0n) is 16.0. The van der Waals surface area contributed by atoms with Crippen molar-refractivity contribution in [3.8, 4) is 5.75 Å². The molecule has 4 atom stereocenters. The summed E-state index contributed by atoms with van der Waals surface area (Å²) in [6.45, 7) is 2.37. The molecule has 1 unspecified atom stereocenters. The van der Waals surface area contributed by atoms with Gasteiger partial charge in [0.2, 0.25) is 0 Å². The summed E-state index contributed by atoms with van der Waals surface area (Å²) >= 11 is 0. The van der Waals surface area contributed by atoms with Gasteiger partial charge in [0.15, 0.2) is 6.10 Å². The Bertz CT molecular complexity index is 894. The molecule has 4 heterocycles. The largest absolute Gasteiger partial charge is 0.480 e. The van der Waals surface area contributed by atoms with Gasteiger partial charge in [0.05, 0.1) is 18.3 Å². The fraction of sp³-hybridized carbons (Fsp3) is 0.409. The number of benzene rings is 1. The molecule has 2 amide bonds. The van der Waals surface area contributed by atoms with Crippen LogP contribution in [0, 0.1) is 11.8 Å². The molecule has 2 saturated heterocycles. The number of ether oxygens (including phenoxy) is 2. The Morgan fingerprint density at radius 3 is 2.90 bits per heavy atom. The summed E-state index contributed by atoms with van der Waals surface area (Å²) in [5, 5.41) is 2.98. The molecule has 29 heavy (non-hydrogen) atoms. The monoisotopic (exact) mass is 393 g/mol. The lowest BCUT2D eigenvalue weighted by Crippen LogP contribution is -2.41. The Hall–Kier alpha value is -2.93. The second-order valence-electron chi connectivity index (χ2n) is 7.91. The van der Waals surface area contributed by atoms with E-state index < -0.39 is 6.10 Å². The number of rotatable bonds is 4. The summed E-state index contributed by atoms with van der Waals surface area (Å²) in [4.78, 5) is 31.1. The number of carbonyl (C=O) groups is 2. The van der Waals surface area contributed by atoms with Gasteiger partial charge in [-0.1, -0.05) is 18.2 Å². The van der Waals surface area contributed by atoms with Gasteiger partial charge in [-0.25, -0.2) is 0 Å². The smallest absolute Gasteiger partial charge is 0.264 e. The molecule has 2 fully saturated rings. The van der Waals surface area contributed by atoms with E-state index in [-0.39, 0.29) is 29.8 Å². The van der Waals surface area contributed by atoms with Crippen LogP contribution in [0.3, 0.4) is 0 Å². The lowest BCUT2D eigenvalue weighted by molar-refractivity contribution is -0.137. The van der Waals surface area contributed by atoms with Crippen molar-refractivity contribution in [1.82, 2.24) is 15.2 Å². The van der Waals surface area contributed by atoms with E-state index in [2.05, 4.69) is 10.3 Å². The van der Waals surface area contributed by atoms with Crippen molar-refractivity contribution in [2.45, 2.75) is 18.6 Å². The van der Waals surface area contributed by atoms with Crippen LogP contribution in [0.2, 0.25) is 0 Å². The van der Waals surface area contributed by atoms with Gasteiger partial charge in [-0.15, -0.1) is 0 Å². The van der Waals surface area contributed by atoms with Crippen LogP contribution >= 0.6 is 0 Å². The molecule has 0 aliphatic carbocycles. The first-order chi connectivity index (χ1) is 14.2. The van der Waals surface area contributed by atoms with Gasteiger partial charge in [0.1, 0.15) is 5.75 Å². The maximum atomic E-state index is 13.0. The molecule has 0 bridgehead atoms. The number of amides is 2. The van der Waals surface area contributed by atoms with Crippen molar-refractivity contribution in [3.05, 3.63) is 59.9 Å². The second kappa shape index (κ2) is 7.48. The predicted octanol–water partition coefficient (Wildman–Crippen LogP) is 1.29. The number of nitrogens with zero attached hydrogens (tertiary/aromatic N) is 2. The van der Waals surface area contributed by atoms with Crippen LogP contribution in [0.5, 0.6) is 5.75 Å². The average molecular weight is 393 g/mol. The molecule has 2 aromatic rings. The summed E-state index contributed by atoms with van der Waals surface area (Å²) in [5.74, 6) is 1.12. The van der Waals surface area contributed by atoms with Gasteiger partial charge in [-0.2, -0.15) is 0 Å². The third-order valence-electron chi connectivity index (χ3n) is 6.12. The zero-order chi connectivity index (χ0) is 19.8. The standard InChI is InChI=1S/C22H23N3O4/c26-21(15-5-3-7-23-9-15)24-10-16-13-28-20-12-25(11-17(16)20)22(27)19-8-14-4-1-2-6-18(14)29-19/h1-7,9,16-17,19-20H,8,10-13H2,(H,24,26)/t16-,17+,19?,20+/m0/s1.